The van der Waals surface area contributed by atoms with E-state index in [1.165, 1.54) is 47.9 Å². The van der Waals surface area contributed by atoms with Gasteiger partial charge in [0.2, 0.25) is 0 Å². The van der Waals surface area contributed by atoms with Gasteiger partial charge in [0, 0.05) is 92.8 Å². The lowest BCUT2D eigenvalue weighted by Gasteiger charge is -2.39. The Kier molecular flexibility index (Phi) is 12.4. The molecule has 336 valence electrons. The fourth-order valence-corrected chi connectivity index (χ4v) is 10.2. The number of nitrogens with one attached hydrogen (secondary N) is 3. The number of halogens is 1. The summed E-state index contributed by atoms with van der Waals surface area (Å²) in [4.78, 5) is 39.7. The van der Waals surface area contributed by atoms with E-state index in [2.05, 4.69) is 60.7 Å². The molecule has 1 saturated carbocycles. The lowest BCUT2D eigenvalue weighted by molar-refractivity contribution is -0.384. The number of anilines is 2. The first-order valence-corrected chi connectivity index (χ1v) is 23.8. The van der Waals surface area contributed by atoms with E-state index in [0.717, 1.165) is 87.2 Å². The van der Waals surface area contributed by atoms with Crippen molar-refractivity contribution in [2.45, 2.75) is 63.0 Å². The Labute approximate surface area is 378 Å². The van der Waals surface area contributed by atoms with Gasteiger partial charge in [0.05, 0.1) is 34.3 Å². The minimum Gasteiger partial charge on any atom is -0.455 e. The highest BCUT2D eigenvalue weighted by atomic mass is 35.5. The number of hydrogen-bond donors (Lipinski definition) is 3. The van der Waals surface area contributed by atoms with Gasteiger partial charge in [-0.05, 0) is 97.2 Å². The number of carbonyl (C=O) groups excluding carboxylic acids is 1. The molecule has 4 aliphatic rings. The number of amides is 1. The third-order valence-electron chi connectivity index (χ3n) is 12.8. The second-order valence-corrected chi connectivity index (χ2v) is 20.2. The zero-order chi connectivity index (χ0) is 44.6. The van der Waals surface area contributed by atoms with Crippen LogP contribution in [0.15, 0.2) is 95.7 Å². The average Bonchev–Trinajstić information content (AvgIpc) is 4.03. The number of rotatable bonds is 14. The number of ether oxygens (including phenoxy) is 2. The van der Waals surface area contributed by atoms with E-state index >= 15 is 0 Å². The van der Waals surface area contributed by atoms with Crippen LogP contribution in [0.4, 0.5) is 17.1 Å². The maximum absolute atomic E-state index is 14.0. The predicted octanol–water partition coefficient (Wildman–Crippen LogP) is 8.10. The number of sulfonamides is 1. The Hall–Kier alpha value is -5.52. The van der Waals surface area contributed by atoms with Gasteiger partial charge in [0.15, 0.2) is 0 Å². The molecule has 0 unspecified atom stereocenters. The summed E-state index contributed by atoms with van der Waals surface area (Å²) in [7, 11) is -4.58. The van der Waals surface area contributed by atoms with Gasteiger partial charge >= 0.3 is 0 Å². The van der Waals surface area contributed by atoms with E-state index in [1.54, 1.807) is 30.5 Å². The standard InChI is InChI=1S/C47H53ClN8O7S/c1-47(2)15-13-33(41(26-47)31-3-5-34(48)6-4-31)29-53-17-19-54(20-18-53)36-9-11-40(44(24-36)63-37-23-32-14-16-49-45(32)51-27-37)46(57)52-64(60,61)39-10-12-42(43(25-39)56(58)59)50-28-38-30-55(21-22-62-38)35-7-8-35/h3-6,9-12,14,16,23-25,27,35,38,50H,7-8,13,15,17-22,26,28-30H2,1-2H3,(H,49,51)(H,52,57)/t38-/m0/s1. The normalized spacial score (nSPS) is 19.7. The van der Waals surface area contributed by atoms with Gasteiger partial charge in [-0.2, -0.15) is 0 Å². The second-order valence-electron chi connectivity index (χ2n) is 18.0. The van der Waals surface area contributed by atoms with Crippen molar-refractivity contribution in [3.63, 3.8) is 0 Å². The van der Waals surface area contributed by atoms with Crippen molar-refractivity contribution < 1.29 is 27.6 Å². The molecule has 3 aromatic carbocycles. The zero-order valence-corrected chi connectivity index (χ0v) is 37.6. The van der Waals surface area contributed by atoms with Crippen LogP contribution >= 0.6 is 11.6 Å². The molecule has 15 nitrogen and oxygen atoms in total. The molecule has 5 aromatic rings. The summed E-state index contributed by atoms with van der Waals surface area (Å²) in [5.41, 5.74) is 5.48. The van der Waals surface area contributed by atoms with Crippen molar-refractivity contribution in [2.24, 2.45) is 5.41 Å². The number of H-pyrrole nitrogens is 1. The number of pyridine rings is 1. The number of carbonyl (C=O) groups is 1. The summed E-state index contributed by atoms with van der Waals surface area (Å²) in [5.74, 6) is -0.478. The minimum absolute atomic E-state index is 0.0393. The fourth-order valence-electron chi connectivity index (χ4n) is 9.06. The number of allylic oxidation sites excluding steroid dienone is 1. The Balaban J connectivity index is 0.914. The topological polar surface area (TPSA) is 175 Å². The van der Waals surface area contributed by atoms with Crippen molar-refractivity contribution in [3.05, 3.63) is 117 Å². The largest absolute Gasteiger partial charge is 0.455 e. The van der Waals surface area contributed by atoms with Crippen LogP contribution in [0.3, 0.4) is 0 Å². The van der Waals surface area contributed by atoms with Gasteiger partial charge < -0.3 is 24.7 Å². The van der Waals surface area contributed by atoms with E-state index in [9.17, 15) is 23.3 Å². The monoisotopic (exact) mass is 908 g/mol. The number of nitro groups is 1. The first kappa shape index (κ1) is 43.7. The van der Waals surface area contributed by atoms with Crippen molar-refractivity contribution >= 4 is 61.2 Å². The van der Waals surface area contributed by atoms with Gasteiger partial charge in [-0.15, -0.1) is 0 Å². The highest BCUT2D eigenvalue weighted by molar-refractivity contribution is 7.90. The number of benzene rings is 3. The minimum atomic E-state index is -4.58. The Morgan fingerprint density at radius 3 is 2.59 bits per heavy atom. The molecule has 64 heavy (non-hydrogen) atoms. The summed E-state index contributed by atoms with van der Waals surface area (Å²) < 4.78 is 41.9. The molecule has 17 heteroatoms. The summed E-state index contributed by atoms with van der Waals surface area (Å²) >= 11 is 6.25. The van der Waals surface area contributed by atoms with E-state index in [0.29, 0.717) is 30.6 Å². The summed E-state index contributed by atoms with van der Waals surface area (Å²) in [6, 6.07) is 21.0. The van der Waals surface area contributed by atoms with E-state index in [1.807, 2.05) is 18.2 Å². The number of aromatic amines is 1. The van der Waals surface area contributed by atoms with Crippen LogP contribution < -0.4 is 19.7 Å². The number of nitro benzene ring substituents is 1. The molecule has 3 fully saturated rings. The first-order valence-electron chi connectivity index (χ1n) is 21.9. The van der Waals surface area contributed by atoms with Crippen molar-refractivity contribution in [1.29, 1.82) is 0 Å². The molecule has 0 spiro atoms. The number of hydrogen-bond acceptors (Lipinski definition) is 12. The van der Waals surface area contributed by atoms with Gasteiger partial charge in [-0.1, -0.05) is 43.2 Å². The molecule has 1 amide bonds. The number of fused-ring (bicyclic) bond motifs is 1. The molecular formula is C47H53ClN8O7S. The predicted molar refractivity (Wildman–Crippen MR) is 248 cm³/mol. The third-order valence-corrected chi connectivity index (χ3v) is 14.4. The third kappa shape index (κ3) is 10.1. The lowest BCUT2D eigenvalue weighted by atomic mass is 9.72. The Morgan fingerprint density at radius 1 is 1.03 bits per heavy atom. The number of nitrogens with zero attached hydrogens (tertiary/aromatic N) is 5. The van der Waals surface area contributed by atoms with Crippen LogP contribution in [-0.4, -0.2) is 110 Å². The summed E-state index contributed by atoms with van der Waals surface area (Å²) in [5, 5.41) is 16.8. The molecule has 2 aromatic heterocycles. The highest BCUT2D eigenvalue weighted by Crippen LogP contribution is 2.43. The molecule has 9 rings (SSSR count). The molecule has 2 aliphatic heterocycles. The molecule has 2 saturated heterocycles. The molecule has 0 radical (unpaired) electrons. The van der Waals surface area contributed by atoms with E-state index in [-0.39, 0.29) is 28.5 Å². The number of morpholine rings is 1. The van der Waals surface area contributed by atoms with Gasteiger partial charge in [0.25, 0.3) is 21.6 Å². The van der Waals surface area contributed by atoms with E-state index in [4.69, 9.17) is 21.1 Å². The average molecular weight is 910 g/mol. The SMILES string of the molecule is CC1(C)CCC(CN2CCN(c3ccc(C(=O)NS(=O)(=O)c4ccc(NC[C@H]5CN(C6CC6)CCO5)c([N+](=O)[O-])c4)c(Oc4cnc5[nH]ccc5c4)c3)CC2)=C(c2ccc(Cl)cc2)C1. The molecular weight excluding hydrogens is 856 g/mol. The molecule has 1 atom stereocenters. The molecule has 4 heterocycles. The van der Waals surface area contributed by atoms with Gasteiger partial charge in [0.1, 0.15) is 22.8 Å². The van der Waals surface area contributed by atoms with Crippen molar-refractivity contribution in [2.75, 3.05) is 69.2 Å². The van der Waals surface area contributed by atoms with Crippen LogP contribution in [0.2, 0.25) is 5.02 Å². The fraction of sp³-hybridized carbons (Fsp3) is 0.404. The number of piperazine rings is 1. The maximum atomic E-state index is 14.0. The van der Waals surface area contributed by atoms with E-state index < -0.39 is 31.4 Å². The van der Waals surface area contributed by atoms with Crippen molar-refractivity contribution in [1.82, 2.24) is 24.5 Å². The maximum Gasteiger partial charge on any atom is 0.293 e. The Bertz CT molecular complexity index is 2690. The Morgan fingerprint density at radius 2 is 1.83 bits per heavy atom. The smallest absolute Gasteiger partial charge is 0.293 e. The highest BCUT2D eigenvalue weighted by Gasteiger charge is 2.34. The van der Waals surface area contributed by atoms with Crippen LogP contribution in [0.1, 0.15) is 61.9 Å². The van der Waals surface area contributed by atoms with Crippen molar-refractivity contribution in [3.8, 4) is 11.5 Å². The number of aromatic nitrogens is 2. The summed E-state index contributed by atoms with van der Waals surface area (Å²) in [6.07, 6.45) is 8.65. The van der Waals surface area contributed by atoms with Gasteiger partial charge in [-0.3, -0.25) is 24.7 Å². The van der Waals surface area contributed by atoms with Crippen LogP contribution in [0, 0.1) is 15.5 Å². The van der Waals surface area contributed by atoms with Crippen LogP contribution in [0.25, 0.3) is 16.6 Å². The molecule has 3 N–H and O–H groups in total. The summed E-state index contributed by atoms with van der Waals surface area (Å²) in [6.45, 7) is 11.1. The molecule has 0 bridgehead atoms. The van der Waals surface area contributed by atoms with Crippen LogP contribution in [0.5, 0.6) is 11.5 Å². The first-order chi connectivity index (χ1) is 30.8. The zero-order valence-electron chi connectivity index (χ0n) is 36.0. The quantitative estimate of drug-likeness (QED) is 0.0723. The molecule has 2 aliphatic carbocycles. The van der Waals surface area contributed by atoms with Gasteiger partial charge in [-0.25, -0.2) is 18.1 Å². The second kappa shape index (κ2) is 18.2. The van der Waals surface area contributed by atoms with Crippen LogP contribution in [-0.2, 0) is 14.8 Å². The lowest BCUT2D eigenvalue weighted by Crippen LogP contribution is -2.47.